The summed E-state index contributed by atoms with van der Waals surface area (Å²) in [6.45, 7) is 13.0. The van der Waals surface area contributed by atoms with Crippen LogP contribution in [-0.4, -0.2) is 53.9 Å². The quantitative estimate of drug-likeness (QED) is 0.402. The van der Waals surface area contributed by atoms with Crippen LogP contribution in [0.15, 0.2) is 35.1 Å². The Morgan fingerprint density at radius 3 is 2.53 bits per heavy atom. The van der Waals surface area contributed by atoms with Crippen LogP contribution in [0.2, 0.25) is 0 Å². The minimum Gasteiger partial charge on any atom is -0.478 e. The van der Waals surface area contributed by atoms with Crippen molar-refractivity contribution in [2.75, 3.05) is 41.0 Å². The number of carboxylic acids is 1. The molecule has 1 N–H and O–H groups in total. The molecular weight excluding hydrogens is 380 g/mol. The summed E-state index contributed by atoms with van der Waals surface area (Å²) in [5.41, 5.74) is 2.10. The highest BCUT2D eigenvalue weighted by atomic mass is 16.4. The van der Waals surface area contributed by atoms with Crippen LogP contribution in [0.4, 0.5) is 17.5 Å². The van der Waals surface area contributed by atoms with Gasteiger partial charge < -0.3 is 14.9 Å². The zero-order chi connectivity index (χ0) is 21.7. The Labute approximate surface area is 177 Å². The molecule has 0 aliphatic carbocycles. The van der Waals surface area contributed by atoms with Crippen LogP contribution in [0, 0.1) is 0 Å². The lowest BCUT2D eigenvalue weighted by atomic mass is 10.1. The van der Waals surface area contributed by atoms with Crippen molar-refractivity contribution in [1.82, 2.24) is 9.97 Å². The SMILES string of the molecule is C=NN(/C=C(\C)C(=O)O)c1nc(N(CC)CC)c2cc(N3CCCCC3)ccc2n1. The monoisotopic (exact) mass is 410 g/mol. The van der Waals surface area contributed by atoms with E-state index < -0.39 is 5.97 Å². The van der Waals surface area contributed by atoms with Gasteiger partial charge in [0.1, 0.15) is 5.82 Å². The Morgan fingerprint density at radius 1 is 1.23 bits per heavy atom. The number of benzene rings is 1. The number of rotatable bonds is 8. The van der Waals surface area contributed by atoms with E-state index in [0.717, 1.165) is 42.9 Å². The number of carbonyl (C=O) groups is 1. The molecule has 2 aromatic rings. The number of hydrogen-bond donors (Lipinski definition) is 1. The largest absolute Gasteiger partial charge is 0.478 e. The van der Waals surface area contributed by atoms with Gasteiger partial charge in [-0.25, -0.2) is 14.8 Å². The van der Waals surface area contributed by atoms with Crippen molar-refractivity contribution < 1.29 is 9.90 Å². The maximum absolute atomic E-state index is 11.2. The standard InChI is InChI=1S/C22H30N6O2/c1-5-26(6-2)20-18-14-17(27-12-8-7-9-13-27)10-11-19(18)24-22(25-20)28(23-4)15-16(3)21(29)30/h10-11,14-15H,4-9,12-13H2,1-3H3,(H,29,30)/b16-15+. The Kier molecular flexibility index (Phi) is 6.87. The molecule has 1 saturated heterocycles. The molecule has 0 amide bonds. The van der Waals surface area contributed by atoms with Crippen molar-refractivity contribution in [3.05, 3.63) is 30.0 Å². The number of aliphatic carboxylic acids is 1. The van der Waals surface area contributed by atoms with Crippen LogP contribution < -0.4 is 14.8 Å². The summed E-state index contributed by atoms with van der Waals surface area (Å²) in [6, 6.07) is 6.27. The van der Waals surface area contributed by atoms with E-state index in [2.05, 4.69) is 52.6 Å². The third-order valence-corrected chi connectivity index (χ3v) is 5.44. The van der Waals surface area contributed by atoms with Crippen molar-refractivity contribution in [2.24, 2.45) is 5.10 Å². The average Bonchev–Trinajstić information content (AvgIpc) is 2.78. The number of piperidine rings is 1. The lowest BCUT2D eigenvalue weighted by Gasteiger charge is -2.29. The van der Waals surface area contributed by atoms with Crippen molar-refractivity contribution >= 4 is 41.0 Å². The van der Waals surface area contributed by atoms with Gasteiger partial charge in [-0.15, -0.1) is 0 Å². The van der Waals surface area contributed by atoms with Crippen molar-refractivity contribution in [1.29, 1.82) is 0 Å². The molecule has 8 nitrogen and oxygen atoms in total. The predicted octanol–water partition coefficient (Wildman–Crippen LogP) is 3.88. The molecule has 1 fully saturated rings. The number of anilines is 3. The van der Waals surface area contributed by atoms with E-state index in [1.807, 2.05) is 6.07 Å². The van der Waals surface area contributed by atoms with Gasteiger partial charge in [-0.1, -0.05) is 0 Å². The molecule has 8 heteroatoms. The van der Waals surface area contributed by atoms with E-state index in [0.29, 0.717) is 5.95 Å². The van der Waals surface area contributed by atoms with Gasteiger partial charge in [-0.2, -0.15) is 10.1 Å². The average molecular weight is 411 g/mol. The third-order valence-electron chi connectivity index (χ3n) is 5.44. The smallest absolute Gasteiger partial charge is 0.332 e. The molecule has 30 heavy (non-hydrogen) atoms. The fourth-order valence-electron chi connectivity index (χ4n) is 3.70. The van der Waals surface area contributed by atoms with Crippen molar-refractivity contribution in [3.63, 3.8) is 0 Å². The van der Waals surface area contributed by atoms with Gasteiger partial charge in [-0.05, 0) is 58.2 Å². The summed E-state index contributed by atoms with van der Waals surface area (Å²) in [5.74, 6) is 0.0826. The van der Waals surface area contributed by atoms with Crippen LogP contribution in [0.1, 0.15) is 40.0 Å². The van der Waals surface area contributed by atoms with Crippen LogP contribution in [0.3, 0.4) is 0 Å². The lowest BCUT2D eigenvalue weighted by Crippen LogP contribution is -2.29. The second kappa shape index (κ2) is 9.56. The summed E-state index contributed by atoms with van der Waals surface area (Å²) >= 11 is 0. The first-order valence-electron chi connectivity index (χ1n) is 10.5. The fraction of sp³-hybridized carbons (Fsp3) is 0.455. The molecule has 0 radical (unpaired) electrons. The minimum atomic E-state index is -1.03. The van der Waals surface area contributed by atoms with Gasteiger partial charge in [0.2, 0.25) is 0 Å². The molecule has 0 bridgehead atoms. The number of aromatic nitrogens is 2. The Hall–Kier alpha value is -3.16. The molecule has 0 unspecified atom stereocenters. The number of hydrogen-bond acceptors (Lipinski definition) is 7. The Bertz CT molecular complexity index is 948. The predicted molar refractivity (Wildman–Crippen MR) is 123 cm³/mol. The van der Waals surface area contributed by atoms with Crippen LogP contribution in [0.5, 0.6) is 0 Å². The molecular formula is C22H30N6O2. The first kappa shape index (κ1) is 21.5. The van der Waals surface area contributed by atoms with E-state index >= 15 is 0 Å². The van der Waals surface area contributed by atoms with Gasteiger partial charge in [0.25, 0.3) is 5.95 Å². The molecule has 1 aliphatic heterocycles. The second-order valence-electron chi connectivity index (χ2n) is 7.37. The zero-order valence-electron chi connectivity index (χ0n) is 18.0. The molecule has 160 valence electrons. The number of fused-ring (bicyclic) bond motifs is 1. The molecule has 1 aromatic carbocycles. The topological polar surface area (TPSA) is 85.2 Å². The van der Waals surface area contributed by atoms with Gasteiger partial charge in [-0.3, -0.25) is 0 Å². The molecule has 0 spiro atoms. The zero-order valence-corrected chi connectivity index (χ0v) is 18.0. The number of carboxylic acid groups (broad SMARTS) is 1. The molecule has 3 rings (SSSR count). The lowest BCUT2D eigenvalue weighted by molar-refractivity contribution is -0.132. The minimum absolute atomic E-state index is 0.121. The van der Waals surface area contributed by atoms with Crippen LogP contribution >= 0.6 is 0 Å². The van der Waals surface area contributed by atoms with E-state index in [9.17, 15) is 9.90 Å². The first-order valence-corrected chi connectivity index (χ1v) is 10.5. The highest BCUT2D eigenvalue weighted by Crippen LogP contribution is 2.31. The van der Waals surface area contributed by atoms with Crippen LogP contribution in [-0.2, 0) is 4.79 Å². The van der Waals surface area contributed by atoms with E-state index in [1.54, 1.807) is 0 Å². The van der Waals surface area contributed by atoms with E-state index in [-0.39, 0.29) is 5.57 Å². The molecule has 2 heterocycles. The summed E-state index contributed by atoms with van der Waals surface area (Å²) in [5, 5.41) is 15.4. The number of nitrogens with zero attached hydrogens (tertiary/aromatic N) is 6. The summed E-state index contributed by atoms with van der Waals surface area (Å²) < 4.78 is 0. The molecule has 0 saturated carbocycles. The summed E-state index contributed by atoms with van der Waals surface area (Å²) in [6.07, 6.45) is 5.09. The Morgan fingerprint density at radius 2 is 1.93 bits per heavy atom. The second-order valence-corrected chi connectivity index (χ2v) is 7.37. The first-order chi connectivity index (χ1) is 14.5. The highest BCUT2D eigenvalue weighted by molar-refractivity contribution is 5.93. The molecule has 1 aliphatic rings. The molecule has 1 aromatic heterocycles. The maximum Gasteiger partial charge on any atom is 0.332 e. The van der Waals surface area contributed by atoms with E-state index in [4.69, 9.17) is 4.98 Å². The van der Waals surface area contributed by atoms with Crippen molar-refractivity contribution in [3.8, 4) is 0 Å². The highest BCUT2D eigenvalue weighted by Gasteiger charge is 2.18. The third kappa shape index (κ3) is 4.53. The van der Waals surface area contributed by atoms with Gasteiger partial charge in [0.05, 0.1) is 11.1 Å². The van der Waals surface area contributed by atoms with Crippen LogP contribution in [0.25, 0.3) is 10.9 Å². The number of hydrazone groups is 1. The van der Waals surface area contributed by atoms with E-state index in [1.165, 1.54) is 43.1 Å². The van der Waals surface area contributed by atoms with Crippen molar-refractivity contribution in [2.45, 2.75) is 40.0 Å². The van der Waals surface area contributed by atoms with Gasteiger partial charge in [0, 0.05) is 50.2 Å². The van der Waals surface area contributed by atoms with Gasteiger partial charge >= 0.3 is 5.97 Å². The normalized spacial score (nSPS) is 14.6. The van der Waals surface area contributed by atoms with Gasteiger partial charge in [0.15, 0.2) is 0 Å². The Balaban J connectivity index is 2.13. The molecule has 0 atom stereocenters. The summed E-state index contributed by atoms with van der Waals surface area (Å²) in [7, 11) is 0. The summed E-state index contributed by atoms with van der Waals surface area (Å²) in [4.78, 5) is 25.2. The maximum atomic E-state index is 11.2. The fourth-order valence-corrected chi connectivity index (χ4v) is 3.70.